The molecule has 3 aromatic heterocycles. The molecule has 1 amide bonds. The summed E-state index contributed by atoms with van der Waals surface area (Å²) in [6.45, 7) is 7.62. The van der Waals surface area contributed by atoms with E-state index < -0.39 is 15.9 Å². The van der Waals surface area contributed by atoms with E-state index in [1.54, 1.807) is 4.68 Å². The number of aryl methyl sites for hydroxylation is 2. The first-order valence-corrected chi connectivity index (χ1v) is 10.6. The first kappa shape index (κ1) is 20.1. The van der Waals surface area contributed by atoms with E-state index in [0.29, 0.717) is 11.5 Å². The number of carbonyl (C=O) groups is 1. The van der Waals surface area contributed by atoms with Gasteiger partial charge in [0.15, 0.2) is 16.6 Å². The molecule has 0 bridgehead atoms. The predicted octanol–water partition coefficient (Wildman–Crippen LogP) is 1.69. The average molecular weight is 426 g/mol. The van der Waals surface area contributed by atoms with Crippen molar-refractivity contribution in [1.29, 1.82) is 0 Å². The van der Waals surface area contributed by atoms with Crippen molar-refractivity contribution >= 4 is 39.0 Å². The number of hydrogen-bond acceptors (Lipinski definition) is 7. The molecular weight excluding hydrogens is 406 g/mol. The van der Waals surface area contributed by atoms with E-state index in [1.165, 1.54) is 10.7 Å². The van der Waals surface area contributed by atoms with Gasteiger partial charge in [-0.3, -0.25) is 4.79 Å². The lowest BCUT2D eigenvalue weighted by atomic mass is 10.3. The molecular formula is C16H20ClN7O3S. The standard InChI is InChI=1S/C16H20ClN7O3S/c1-8(2)19-15-12(23-10(4)6-9(3)21-23)13(17)20-14-11(7-18-24(14)15)16(25)22-28(5,26)27/h6-8,19H,1-5H3,(H,22,25). The summed E-state index contributed by atoms with van der Waals surface area (Å²) in [6, 6.07) is 1.91. The number of anilines is 1. The number of fused-ring (bicyclic) bond motifs is 1. The number of hydrogen-bond donors (Lipinski definition) is 2. The molecule has 0 aliphatic rings. The zero-order chi connectivity index (χ0) is 20.8. The van der Waals surface area contributed by atoms with Gasteiger partial charge in [-0.15, -0.1) is 0 Å². The number of nitrogens with one attached hydrogen (secondary N) is 2. The number of halogens is 1. The molecule has 0 aliphatic heterocycles. The Labute approximate surface area is 167 Å². The fraction of sp³-hybridized carbons (Fsp3) is 0.375. The molecule has 0 fully saturated rings. The van der Waals surface area contributed by atoms with Crippen LogP contribution in [0.4, 0.5) is 5.82 Å². The van der Waals surface area contributed by atoms with E-state index >= 15 is 0 Å². The predicted molar refractivity (Wildman–Crippen MR) is 106 cm³/mol. The summed E-state index contributed by atoms with van der Waals surface area (Å²) >= 11 is 6.47. The molecule has 0 aromatic carbocycles. The van der Waals surface area contributed by atoms with Crippen LogP contribution >= 0.6 is 11.6 Å². The third kappa shape index (κ3) is 3.80. The van der Waals surface area contributed by atoms with Crippen molar-refractivity contribution in [2.75, 3.05) is 11.6 Å². The normalized spacial score (nSPS) is 12.0. The molecule has 3 aromatic rings. The SMILES string of the molecule is Cc1cc(C)n(-c2c(Cl)nc3c(C(=O)NS(C)(=O)=O)cnn3c2NC(C)C)n1. The van der Waals surface area contributed by atoms with E-state index in [-0.39, 0.29) is 22.4 Å². The van der Waals surface area contributed by atoms with E-state index in [0.717, 1.165) is 17.6 Å². The van der Waals surface area contributed by atoms with Gasteiger partial charge in [0.1, 0.15) is 11.3 Å². The van der Waals surface area contributed by atoms with Crippen LogP contribution in [0.2, 0.25) is 5.15 Å². The lowest BCUT2D eigenvalue weighted by Crippen LogP contribution is -2.29. The van der Waals surface area contributed by atoms with E-state index in [2.05, 4.69) is 20.5 Å². The molecule has 0 unspecified atom stereocenters. The Morgan fingerprint density at radius 2 is 1.96 bits per heavy atom. The number of rotatable bonds is 5. The van der Waals surface area contributed by atoms with Gasteiger partial charge in [-0.2, -0.15) is 14.7 Å². The molecule has 3 heterocycles. The molecule has 12 heteroatoms. The highest BCUT2D eigenvalue weighted by Crippen LogP contribution is 2.30. The van der Waals surface area contributed by atoms with Crippen LogP contribution in [0.5, 0.6) is 0 Å². The molecule has 10 nitrogen and oxygen atoms in total. The van der Waals surface area contributed by atoms with Crippen LogP contribution in [0.25, 0.3) is 11.3 Å². The van der Waals surface area contributed by atoms with E-state index in [1.807, 2.05) is 38.5 Å². The highest BCUT2D eigenvalue weighted by atomic mass is 35.5. The van der Waals surface area contributed by atoms with Crippen LogP contribution in [0.15, 0.2) is 12.3 Å². The molecule has 0 saturated carbocycles. The van der Waals surface area contributed by atoms with Crippen molar-refractivity contribution < 1.29 is 13.2 Å². The minimum Gasteiger partial charge on any atom is -0.366 e. The van der Waals surface area contributed by atoms with Crippen molar-refractivity contribution in [3.8, 4) is 5.69 Å². The molecule has 0 radical (unpaired) electrons. The molecule has 0 spiro atoms. The first-order valence-electron chi connectivity index (χ1n) is 8.37. The Morgan fingerprint density at radius 3 is 2.50 bits per heavy atom. The quantitative estimate of drug-likeness (QED) is 0.596. The zero-order valence-electron chi connectivity index (χ0n) is 16.0. The average Bonchev–Trinajstić information content (AvgIpc) is 3.08. The maximum atomic E-state index is 12.3. The lowest BCUT2D eigenvalue weighted by molar-refractivity contribution is 0.0983. The minimum absolute atomic E-state index is 0.00915. The molecule has 0 atom stereocenters. The number of sulfonamides is 1. The highest BCUT2D eigenvalue weighted by molar-refractivity contribution is 7.89. The van der Waals surface area contributed by atoms with Crippen LogP contribution in [0.1, 0.15) is 35.6 Å². The third-order valence-electron chi connectivity index (χ3n) is 3.75. The topological polar surface area (TPSA) is 123 Å². The van der Waals surface area contributed by atoms with Gasteiger partial charge in [0, 0.05) is 11.7 Å². The smallest absolute Gasteiger partial charge is 0.270 e. The van der Waals surface area contributed by atoms with Crippen LogP contribution in [0.3, 0.4) is 0 Å². The first-order chi connectivity index (χ1) is 13.0. The molecule has 2 N–H and O–H groups in total. The van der Waals surface area contributed by atoms with Crippen molar-refractivity contribution in [2.24, 2.45) is 0 Å². The van der Waals surface area contributed by atoms with Gasteiger partial charge in [0.25, 0.3) is 5.91 Å². The Kier molecular flexibility index (Phi) is 5.06. The van der Waals surface area contributed by atoms with Crippen LogP contribution in [-0.2, 0) is 10.0 Å². The maximum absolute atomic E-state index is 12.3. The number of amides is 1. The summed E-state index contributed by atoms with van der Waals surface area (Å²) < 4.78 is 27.8. The number of nitrogens with zero attached hydrogens (tertiary/aromatic N) is 5. The molecule has 0 aliphatic carbocycles. The van der Waals surface area contributed by atoms with Crippen molar-refractivity contribution in [1.82, 2.24) is 29.1 Å². The summed E-state index contributed by atoms with van der Waals surface area (Å²) in [5.41, 5.74) is 2.23. The lowest BCUT2D eigenvalue weighted by Gasteiger charge is -2.18. The Balaban J connectivity index is 2.28. The summed E-state index contributed by atoms with van der Waals surface area (Å²) in [6.07, 6.45) is 2.14. The Hall–Kier alpha value is -2.66. The van der Waals surface area contributed by atoms with Crippen molar-refractivity contribution in [2.45, 2.75) is 33.7 Å². The Bertz CT molecular complexity index is 1180. The van der Waals surface area contributed by atoms with Gasteiger partial charge in [-0.25, -0.2) is 22.8 Å². The third-order valence-corrected chi connectivity index (χ3v) is 4.57. The van der Waals surface area contributed by atoms with E-state index in [9.17, 15) is 13.2 Å². The van der Waals surface area contributed by atoms with Crippen LogP contribution < -0.4 is 10.0 Å². The van der Waals surface area contributed by atoms with Gasteiger partial charge in [0.05, 0.1) is 18.1 Å². The summed E-state index contributed by atoms with van der Waals surface area (Å²) in [7, 11) is -3.74. The van der Waals surface area contributed by atoms with Crippen LogP contribution in [-0.4, -0.2) is 51.0 Å². The van der Waals surface area contributed by atoms with Crippen molar-refractivity contribution in [3.63, 3.8) is 0 Å². The number of aromatic nitrogens is 5. The van der Waals surface area contributed by atoms with Crippen LogP contribution in [0, 0.1) is 13.8 Å². The fourth-order valence-electron chi connectivity index (χ4n) is 2.79. The maximum Gasteiger partial charge on any atom is 0.270 e. The Morgan fingerprint density at radius 1 is 1.29 bits per heavy atom. The van der Waals surface area contributed by atoms with E-state index in [4.69, 9.17) is 11.6 Å². The van der Waals surface area contributed by atoms with Gasteiger partial charge in [0.2, 0.25) is 10.0 Å². The second-order valence-corrected chi connectivity index (χ2v) is 8.84. The zero-order valence-corrected chi connectivity index (χ0v) is 17.6. The van der Waals surface area contributed by atoms with Crippen molar-refractivity contribution in [3.05, 3.63) is 34.4 Å². The summed E-state index contributed by atoms with van der Waals surface area (Å²) in [5, 5.41) is 12.0. The molecule has 150 valence electrons. The van der Waals surface area contributed by atoms with Gasteiger partial charge in [-0.05, 0) is 33.8 Å². The monoisotopic (exact) mass is 425 g/mol. The van der Waals surface area contributed by atoms with Gasteiger partial charge >= 0.3 is 0 Å². The molecule has 3 rings (SSSR count). The number of carbonyl (C=O) groups excluding carboxylic acids is 1. The largest absolute Gasteiger partial charge is 0.366 e. The minimum atomic E-state index is -3.74. The summed E-state index contributed by atoms with van der Waals surface area (Å²) in [5.74, 6) is -0.356. The molecule has 0 saturated heterocycles. The second-order valence-electron chi connectivity index (χ2n) is 6.73. The summed E-state index contributed by atoms with van der Waals surface area (Å²) in [4.78, 5) is 16.6. The second kappa shape index (κ2) is 7.06. The highest BCUT2D eigenvalue weighted by Gasteiger charge is 2.24. The fourth-order valence-corrected chi connectivity index (χ4v) is 3.48. The van der Waals surface area contributed by atoms with Gasteiger partial charge < -0.3 is 5.32 Å². The molecule has 28 heavy (non-hydrogen) atoms. The van der Waals surface area contributed by atoms with Gasteiger partial charge in [-0.1, -0.05) is 11.6 Å².